The summed E-state index contributed by atoms with van der Waals surface area (Å²) in [5.74, 6) is -1.60. The van der Waals surface area contributed by atoms with Gasteiger partial charge in [-0.25, -0.2) is 4.79 Å². The molecule has 120 valence electrons. The second kappa shape index (κ2) is 8.11. The summed E-state index contributed by atoms with van der Waals surface area (Å²) in [6.07, 6.45) is 1.05. The van der Waals surface area contributed by atoms with Crippen molar-refractivity contribution < 1.29 is 19.6 Å². The quantitative estimate of drug-likeness (QED) is 0.565. The maximum absolute atomic E-state index is 11.9. The van der Waals surface area contributed by atoms with E-state index in [9.17, 15) is 19.7 Å². The monoisotopic (exact) mass is 308 g/mol. The molecule has 0 spiro atoms. The fourth-order valence-corrected chi connectivity index (χ4v) is 2.01. The van der Waals surface area contributed by atoms with Gasteiger partial charge in [0.2, 0.25) is 5.91 Å². The molecule has 7 nitrogen and oxygen atoms in total. The molecule has 22 heavy (non-hydrogen) atoms. The van der Waals surface area contributed by atoms with Gasteiger partial charge < -0.3 is 10.4 Å². The van der Waals surface area contributed by atoms with Crippen molar-refractivity contribution in [2.75, 3.05) is 0 Å². The number of amides is 1. The molecule has 0 aliphatic carbocycles. The zero-order valence-corrected chi connectivity index (χ0v) is 12.6. The van der Waals surface area contributed by atoms with E-state index in [0.717, 1.165) is 0 Å². The van der Waals surface area contributed by atoms with Crippen LogP contribution < -0.4 is 5.32 Å². The van der Waals surface area contributed by atoms with Gasteiger partial charge in [-0.1, -0.05) is 32.4 Å². The van der Waals surface area contributed by atoms with Crippen LogP contribution >= 0.6 is 0 Å². The van der Waals surface area contributed by atoms with Gasteiger partial charge in [0, 0.05) is 18.6 Å². The predicted molar refractivity (Wildman–Crippen MR) is 80.4 cm³/mol. The molecule has 0 saturated carbocycles. The molecule has 7 heteroatoms. The third kappa shape index (κ3) is 5.16. The highest BCUT2D eigenvalue weighted by Crippen LogP contribution is 2.14. The molecule has 2 N–H and O–H groups in total. The Labute approximate surface area is 128 Å². The summed E-state index contributed by atoms with van der Waals surface area (Å²) in [6, 6.07) is 5.14. The van der Waals surface area contributed by atoms with E-state index in [1.807, 2.05) is 6.92 Å². The van der Waals surface area contributed by atoms with E-state index in [1.165, 1.54) is 12.1 Å². The first kappa shape index (κ1) is 17.6. The molecular weight excluding hydrogens is 288 g/mol. The Hall–Kier alpha value is -2.44. The number of carbonyl (C=O) groups is 2. The van der Waals surface area contributed by atoms with Crippen molar-refractivity contribution in [1.82, 2.24) is 5.32 Å². The van der Waals surface area contributed by atoms with Gasteiger partial charge in [0.25, 0.3) is 5.69 Å². The third-order valence-electron chi connectivity index (χ3n) is 3.56. The second-order valence-electron chi connectivity index (χ2n) is 5.20. The van der Waals surface area contributed by atoms with Gasteiger partial charge in [-0.3, -0.25) is 14.9 Å². The van der Waals surface area contributed by atoms with Crippen molar-refractivity contribution in [2.45, 2.75) is 39.2 Å². The van der Waals surface area contributed by atoms with Gasteiger partial charge in [0.1, 0.15) is 6.04 Å². The Morgan fingerprint density at radius 1 is 1.41 bits per heavy atom. The number of hydrogen-bond acceptors (Lipinski definition) is 4. The van der Waals surface area contributed by atoms with E-state index in [4.69, 9.17) is 5.11 Å². The fourth-order valence-electron chi connectivity index (χ4n) is 2.01. The first-order valence-corrected chi connectivity index (χ1v) is 7.10. The van der Waals surface area contributed by atoms with Crippen LogP contribution in [0.4, 0.5) is 5.69 Å². The van der Waals surface area contributed by atoms with Gasteiger partial charge in [0.15, 0.2) is 0 Å². The van der Waals surface area contributed by atoms with Crippen LogP contribution in [0.3, 0.4) is 0 Å². The molecule has 0 bridgehead atoms. The number of carbonyl (C=O) groups excluding carboxylic acids is 1. The summed E-state index contributed by atoms with van der Waals surface area (Å²) < 4.78 is 0. The van der Waals surface area contributed by atoms with Crippen molar-refractivity contribution in [1.29, 1.82) is 0 Å². The smallest absolute Gasteiger partial charge is 0.326 e. The average Bonchev–Trinajstić information content (AvgIpc) is 2.49. The topological polar surface area (TPSA) is 110 Å². The summed E-state index contributed by atoms with van der Waals surface area (Å²) in [5.41, 5.74) is 0.640. The molecule has 2 atom stereocenters. The molecule has 1 aromatic rings. The molecule has 1 rings (SSSR count). The summed E-state index contributed by atoms with van der Waals surface area (Å²) in [6.45, 7) is 3.62. The minimum Gasteiger partial charge on any atom is -0.480 e. The summed E-state index contributed by atoms with van der Waals surface area (Å²) in [4.78, 5) is 33.2. The van der Waals surface area contributed by atoms with Gasteiger partial charge in [-0.05, 0) is 17.9 Å². The lowest BCUT2D eigenvalue weighted by atomic mass is 9.99. The average molecular weight is 308 g/mol. The largest absolute Gasteiger partial charge is 0.480 e. The molecule has 1 amide bonds. The van der Waals surface area contributed by atoms with Crippen LogP contribution in [0.15, 0.2) is 24.3 Å². The lowest BCUT2D eigenvalue weighted by Crippen LogP contribution is -2.45. The number of aliphatic carboxylic acids is 1. The standard InChI is InChI=1S/C15H20N2O5/c1-3-10(2)14(15(19)20)16-13(18)8-7-11-5-4-6-12(9-11)17(21)22/h4-6,9-10,14H,3,7-8H2,1-2H3,(H,16,18)(H,19,20). The molecule has 1 aromatic carbocycles. The van der Waals surface area contributed by atoms with Crippen LogP contribution in [0.2, 0.25) is 0 Å². The Morgan fingerprint density at radius 2 is 2.09 bits per heavy atom. The number of nitro groups is 1. The number of non-ortho nitro benzene ring substituents is 1. The van der Waals surface area contributed by atoms with Gasteiger partial charge >= 0.3 is 5.97 Å². The maximum Gasteiger partial charge on any atom is 0.326 e. The summed E-state index contributed by atoms with van der Waals surface area (Å²) in [7, 11) is 0. The van der Waals surface area contributed by atoms with Crippen molar-refractivity contribution in [3.8, 4) is 0 Å². The van der Waals surface area contributed by atoms with Crippen LogP contribution in [-0.2, 0) is 16.0 Å². The van der Waals surface area contributed by atoms with Crippen molar-refractivity contribution in [3.05, 3.63) is 39.9 Å². The number of nitrogens with zero attached hydrogens (tertiary/aromatic N) is 1. The third-order valence-corrected chi connectivity index (χ3v) is 3.56. The number of aryl methyl sites for hydroxylation is 1. The molecular formula is C15H20N2O5. The summed E-state index contributed by atoms with van der Waals surface area (Å²) >= 11 is 0. The second-order valence-corrected chi connectivity index (χ2v) is 5.20. The Kier molecular flexibility index (Phi) is 6.49. The first-order valence-electron chi connectivity index (χ1n) is 7.10. The van der Waals surface area contributed by atoms with E-state index in [1.54, 1.807) is 19.1 Å². The molecule has 0 heterocycles. The number of benzene rings is 1. The van der Waals surface area contributed by atoms with Crippen LogP contribution in [0.25, 0.3) is 0 Å². The molecule has 2 unspecified atom stereocenters. The van der Waals surface area contributed by atoms with E-state index < -0.39 is 16.9 Å². The Balaban J connectivity index is 2.60. The highest BCUT2D eigenvalue weighted by atomic mass is 16.6. The lowest BCUT2D eigenvalue weighted by molar-refractivity contribution is -0.384. The molecule has 0 saturated heterocycles. The number of rotatable bonds is 8. The predicted octanol–water partition coefficient (Wildman–Crippen LogP) is 2.14. The SMILES string of the molecule is CCC(C)C(NC(=O)CCc1cccc([N+](=O)[O-])c1)C(=O)O. The molecule has 0 aliphatic rings. The van der Waals surface area contributed by atoms with Crippen LogP contribution in [0.1, 0.15) is 32.3 Å². The van der Waals surface area contributed by atoms with Gasteiger partial charge in [-0.2, -0.15) is 0 Å². The number of nitrogens with one attached hydrogen (secondary N) is 1. The molecule has 0 fully saturated rings. The van der Waals surface area contributed by atoms with Crippen molar-refractivity contribution in [2.24, 2.45) is 5.92 Å². The maximum atomic E-state index is 11.9. The Morgan fingerprint density at radius 3 is 2.64 bits per heavy atom. The number of carboxylic acid groups (broad SMARTS) is 1. The van der Waals surface area contributed by atoms with E-state index >= 15 is 0 Å². The first-order chi connectivity index (χ1) is 10.3. The van der Waals surface area contributed by atoms with Crippen LogP contribution in [-0.4, -0.2) is 27.9 Å². The van der Waals surface area contributed by atoms with Gasteiger partial charge in [0.05, 0.1) is 4.92 Å². The van der Waals surface area contributed by atoms with Gasteiger partial charge in [-0.15, -0.1) is 0 Å². The zero-order valence-electron chi connectivity index (χ0n) is 12.6. The van der Waals surface area contributed by atoms with E-state index in [0.29, 0.717) is 18.4 Å². The normalized spacial score (nSPS) is 13.2. The Bertz CT molecular complexity index is 559. The van der Waals surface area contributed by atoms with E-state index in [2.05, 4.69) is 5.32 Å². The highest BCUT2D eigenvalue weighted by molar-refractivity contribution is 5.83. The lowest BCUT2D eigenvalue weighted by Gasteiger charge is -2.20. The number of carboxylic acids is 1. The zero-order chi connectivity index (χ0) is 16.7. The number of nitro benzene ring substituents is 1. The molecule has 0 aliphatic heterocycles. The van der Waals surface area contributed by atoms with Crippen LogP contribution in [0, 0.1) is 16.0 Å². The van der Waals surface area contributed by atoms with E-state index in [-0.39, 0.29) is 23.9 Å². The van der Waals surface area contributed by atoms with Crippen molar-refractivity contribution in [3.63, 3.8) is 0 Å². The minimum atomic E-state index is -1.06. The fraction of sp³-hybridized carbons (Fsp3) is 0.467. The van der Waals surface area contributed by atoms with Crippen LogP contribution in [0.5, 0.6) is 0 Å². The minimum absolute atomic E-state index is 0.0269. The molecule has 0 aromatic heterocycles. The summed E-state index contributed by atoms with van der Waals surface area (Å²) in [5, 5.41) is 22.3. The van der Waals surface area contributed by atoms with Crippen molar-refractivity contribution >= 4 is 17.6 Å². The molecule has 0 radical (unpaired) electrons. The number of hydrogen-bond donors (Lipinski definition) is 2. The highest BCUT2D eigenvalue weighted by Gasteiger charge is 2.25.